The first kappa shape index (κ1) is 23.0. The summed E-state index contributed by atoms with van der Waals surface area (Å²) in [6, 6.07) is 14.9. The van der Waals surface area contributed by atoms with Crippen molar-refractivity contribution in [3.63, 3.8) is 0 Å². The van der Waals surface area contributed by atoms with E-state index in [0.29, 0.717) is 5.56 Å². The van der Waals surface area contributed by atoms with E-state index in [4.69, 9.17) is 4.98 Å². The van der Waals surface area contributed by atoms with Crippen molar-refractivity contribution in [2.45, 2.75) is 39.2 Å². The van der Waals surface area contributed by atoms with Gasteiger partial charge in [0.25, 0.3) is 0 Å². The number of fused-ring (bicyclic) bond motifs is 4. The highest BCUT2D eigenvalue weighted by Gasteiger charge is 2.34. The van der Waals surface area contributed by atoms with E-state index in [1.807, 2.05) is 36.7 Å². The minimum Gasteiger partial charge on any atom is -0.396 e. The van der Waals surface area contributed by atoms with Gasteiger partial charge in [-0.3, -0.25) is 14.3 Å². The fraction of sp³-hybridized carbons (Fsp3) is 0.414. The summed E-state index contributed by atoms with van der Waals surface area (Å²) in [5.74, 6) is 1.18. The number of imidazole rings is 1. The third-order valence-electron chi connectivity index (χ3n) is 8.20. The predicted octanol–water partition coefficient (Wildman–Crippen LogP) is 3.95. The number of benzene rings is 1. The van der Waals surface area contributed by atoms with Crippen LogP contribution >= 0.6 is 0 Å². The summed E-state index contributed by atoms with van der Waals surface area (Å²) in [4.78, 5) is 14.2. The zero-order chi connectivity index (χ0) is 24.7. The molecule has 0 aliphatic carbocycles. The Hall–Kier alpha value is -3.47. The van der Waals surface area contributed by atoms with E-state index in [-0.39, 0.29) is 12.0 Å². The number of pyridine rings is 2. The fourth-order valence-corrected chi connectivity index (χ4v) is 5.87. The molecule has 3 aromatic heterocycles. The molecule has 1 N–H and O–H groups in total. The Balaban J connectivity index is 1.46. The maximum Gasteiger partial charge on any atom is 0.157 e. The van der Waals surface area contributed by atoms with Crippen molar-refractivity contribution in [2.75, 3.05) is 37.7 Å². The zero-order valence-corrected chi connectivity index (χ0v) is 20.8. The Morgan fingerprint density at radius 2 is 1.92 bits per heavy atom. The van der Waals surface area contributed by atoms with Gasteiger partial charge in [0.15, 0.2) is 5.65 Å². The molecule has 7 nitrogen and oxygen atoms in total. The van der Waals surface area contributed by atoms with E-state index in [0.717, 1.165) is 80.7 Å². The van der Waals surface area contributed by atoms with Crippen LogP contribution in [0.15, 0.2) is 48.8 Å². The average molecular weight is 481 g/mol. The van der Waals surface area contributed by atoms with Crippen molar-refractivity contribution in [2.24, 2.45) is 5.41 Å². The van der Waals surface area contributed by atoms with Gasteiger partial charge in [0.2, 0.25) is 0 Å². The highest BCUT2D eigenvalue weighted by atomic mass is 16.3. The molecule has 6 rings (SSSR count). The standard InChI is InChI=1S/C29H32N6O/c1-29(20-36)10-15-34(16-11-29)28-24-19-33(13-8-21-5-4-12-31-18-21)14-9-22(24)23(17-30)27-32-25-6-2-3-7-26(25)35(27)28/h2-7,12,18,36H,8-11,13-16,19-20H2,1H3. The molecule has 2 aliphatic rings. The smallest absolute Gasteiger partial charge is 0.157 e. The van der Waals surface area contributed by atoms with Crippen molar-refractivity contribution in [3.8, 4) is 6.07 Å². The van der Waals surface area contributed by atoms with Crippen LogP contribution in [0.5, 0.6) is 0 Å². The third kappa shape index (κ3) is 3.91. The second-order valence-electron chi connectivity index (χ2n) is 10.6. The Morgan fingerprint density at radius 1 is 1.08 bits per heavy atom. The molecular formula is C29H32N6O. The van der Waals surface area contributed by atoms with Gasteiger partial charge in [-0.05, 0) is 60.4 Å². The number of aliphatic hydroxyl groups excluding tert-OH is 1. The molecule has 5 heterocycles. The van der Waals surface area contributed by atoms with Gasteiger partial charge in [-0.2, -0.15) is 5.26 Å². The van der Waals surface area contributed by atoms with Crippen LogP contribution in [0.4, 0.5) is 5.82 Å². The van der Waals surface area contributed by atoms with Crippen molar-refractivity contribution < 1.29 is 5.11 Å². The number of aromatic nitrogens is 3. The molecule has 1 aromatic carbocycles. The largest absolute Gasteiger partial charge is 0.396 e. The Bertz CT molecular complexity index is 1450. The maximum absolute atomic E-state index is 10.3. The maximum atomic E-state index is 10.3. The molecule has 0 atom stereocenters. The highest BCUT2D eigenvalue weighted by Crippen LogP contribution is 2.39. The third-order valence-corrected chi connectivity index (χ3v) is 8.20. The second kappa shape index (κ2) is 9.20. The molecule has 0 spiro atoms. The van der Waals surface area contributed by atoms with Gasteiger partial charge in [-0.25, -0.2) is 4.98 Å². The Morgan fingerprint density at radius 3 is 2.67 bits per heavy atom. The van der Waals surface area contributed by atoms with Crippen LogP contribution in [-0.4, -0.2) is 57.2 Å². The molecule has 1 fully saturated rings. The molecule has 1 saturated heterocycles. The van der Waals surface area contributed by atoms with Gasteiger partial charge < -0.3 is 10.0 Å². The van der Waals surface area contributed by atoms with E-state index < -0.39 is 0 Å². The lowest BCUT2D eigenvalue weighted by atomic mass is 9.81. The summed E-state index contributed by atoms with van der Waals surface area (Å²) in [5, 5.41) is 20.2. The lowest BCUT2D eigenvalue weighted by molar-refractivity contribution is 0.114. The van der Waals surface area contributed by atoms with Crippen LogP contribution in [0.3, 0.4) is 0 Å². The molecule has 0 bridgehead atoms. The molecule has 0 saturated carbocycles. The van der Waals surface area contributed by atoms with E-state index in [1.165, 1.54) is 16.9 Å². The SMILES string of the molecule is CC1(CO)CCN(c2c3c(c(C#N)c4nc5ccccc5n24)CCN(CCc2cccnc2)C3)CC1. The van der Waals surface area contributed by atoms with Crippen LogP contribution in [0, 0.1) is 16.7 Å². The van der Waals surface area contributed by atoms with E-state index >= 15 is 0 Å². The number of aliphatic hydroxyl groups is 1. The quantitative estimate of drug-likeness (QED) is 0.466. The monoisotopic (exact) mass is 480 g/mol. The molecule has 0 amide bonds. The second-order valence-corrected chi connectivity index (χ2v) is 10.6. The zero-order valence-electron chi connectivity index (χ0n) is 20.8. The predicted molar refractivity (Wildman–Crippen MR) is 141 cm³/mol. The number of rotatable bonds is 5. The van der Waals surface area contributed by atoms with Crippen molar-refractivity contribution in [1.29, 1.82) is 5.26 Å². The molecule has 7 heteroatoms. The first-order valence-electron chi connectivity index (χ1n) is 12.9. The van der Waals surface area contributed by atoms with Gasteiger partial charge in [-0.1, -0.05) is 25.1 Å². The summed E-state index contributed by atoms with van der Waals surface area (Å²) in [5.41, 5.74) is 7.08. The number of hydrogen-bond donors (Lipinski definition) is 1. The Kier molecular flexibility index (Phi) is 5.87. The summed E-state index contributed by atoms with van der Waals surface area (Å²) < 4.78 is 2.24. The molecule has 0 radical (unpaired) electrons. The van der Waals surface area contributed by atoms with Crippen molar-refractivity contribution >= 4 is 22.5 Å². The fourth-order valence-electron chi connectivity index (χ4n) is 5.87. The molecular weight excluding hydrogens is 448 g/mol. The molecule has 2 aliphatic heterocycles. The molecule has 184 valence electrons. The van der Waals surface area contributed by atoms with E-state index in [2.05, 4.69) is 44.3 Å². The minimum absolute atomic E-state index is 0.0327. The number of anilines is 1. The van der Waals surface area contributed by atoms with Crippen molar-refractivity contribution in [3.05, 3.63) is 71.0 Å². The van der Waals surface area contributed by atoms with E-state index in [1.54, 1.807) is 0 Å². The number of hydrogen-bond acceptors (Lipinski definition) is 6. The normalized spacial score (nSPS) is 17.9. The lowest BCUT2D eigenvalue weighted by Crippen LogP contribution is -2.43. The Labute approximate surface area is 211 Å². The summed E-state index contributed by atoms with van der Waals surface area (Å²) in [6.07, 6.45) is 7.45. The van der Waals surface area contributed by atoms with Crippen LogP contribution in [0.1, 0.15) is 42.0 Å². The summed E-state index contributed by atoms with van der Waals surface area (Å²) in [7, 11) is 0. The highest BCUT2D eigenvalue weighted by molar-refractivity contribution is 5.86. The average Bonchev–Trinajstić information content (AvgIpc) is 3.31. The molecule has 0 unspecified atom stereocenters. The minimum atomic E-state index is -0.0327. The number of para-hydroxylation sites is 2. The molecule has 36 heavy (non-hydrogen) atoms. The van der Waals surface area contributed by atoms with Crippen LogP contribution in [0.25, 0.3) is 16.7 Å². The van der Waals surface area contributed by atoms with E-state index in [9.17, 15) is 10.4 Å². The lowest BCUT2D eigenvalue weighted by Gasteiger charge is -2.41. The number of nitrogens with zero attached hydrogens (tertiary/aromatic N) is 6. The van der Waals surface area contributed by atoms with Gasteiger partial charge in [0, 0.05) is 57.3 Å². The number of nitriles is 1. The van der Waals surface area contributed by atoms with Crippen LogP contribution in [-0.2, 0) is 19.4 Å². The van der Waals surface area contributed by atoms with Crippen molar-refractivity contribution in [1.82, 2.24) is 19.3 Å². The first-order chi connectivity index (χ1) is 17.6. The first-order valence-corrected chi connectivity index (χ1v) is 12.9. The molecule has 4 aromatic rings. The van der Waals surface area contributed by atoms with Gasteiger partial charge in [0.1, 0.15) is 11.9 Å². The van der Waals surface area contributed by atoms with Crippen LogP contribution < -0.4 is 4.90 Å². The topological polar surface area (TPSA) is 80.7 Å². The van der Waals surface area contributed by atoms with Crippen LogP contribution in [0.2, 0.25) is 0 Å². The van der Waals surface area contributed by atoms with Gasteiger partial charge in [-0.15, -0.1) is 0 Å². The van der Waals surface area contributed by atoms with Gasteiger partial charge in [0.05, 0.1) is 16.6 Å². The summed E-state index contributed by atoms with van der Waals surface area (Å²) >= 11 is 0. The number of piperidine rings is 1. The summed E-state index contributed by atoms with van der Waals surface area (Å²) in [6.45, 7) is 6.87. The van der Waals surface area contributed by atoms with Gasteiger partial charge >= 0.3 is 0 Å².